The molecule has 134 valence electrons. The van der Waals surface area contributed by atoms with Crippen molar-refractivity contribution in [2.24, 2.45) is 0 Å². The zero-order chi connectivity index (χ0) is 18.6. The van der Waals surface area contributed by atoms with E-state index in [0.717, 1.165) is 4.31 Å². The molecule has 2 rings (SSSR count). The standard InChI is InChI=1S/C17H19FN2O4S/c1-12(24-16-10-5-4-9-15(16)18)17(21)19-13-7-6-8-14(11-13)25(22,23)20(2)3/h4-12H,1-3H3,(H,19,21)/t12-/m0/s1. The van der Waals surface area contributed by atoms with Crippen LogP contribution in [0.1, 0.15) is 6.92 Å². The molecule has 0 aliphatic rings. The van der Waals surface area contributed by atoms with Gasteiger partial charge in [0, 0.05) is 19.8 Å². The van der Waals surface area contributed by atoms with Crippen molar-refractivity contribution < 1.29 is 22.3 Å². The lowest BCUT2D eigenvalue weighted by atomic mass is 10.3. The number of ether oxygens (including phenoxy) is 1. The molecule has 0 radical (unpaired) electrons. The Hall–Kier alpha value is -2.45. The number of rotatable bonds is 6. The van der Waals surface area contributed by atoms with Gasteiger partial charge >= 0.3 is 0 Å². The van der Waals surface area contributed by atoms with Crippen LogP contribution >= 0.6 is 0 Å². The molecular weight excluding hydrogens is 347 g/mol. The van der Waals surface area contributed by atoms with Crippen LogP contribution in [0.4, 0.5) is 10.1 Å². The fourth-order valence-electron chi connectivity index (χ4n) is 1.97. The molecule has 2 aromatic carbocycles. The van der Waals surface area contributed by atoms with E-state index in [1.165, 1.54) is 57.4 Å². The van der Waals surface area contributed by atoms with Crippen LogP contribution in [0.3, 0.4) is 0 Å². The summed E-state index contributed by atoms with van der Waals surface area (Å²) >= 11 is 0. The predicted octanol–water partition coefficient (Wildman–Crippen LogP) is 2.48. The molecule has 25 heavy (non-hydrogen) atoms. The molecule has 6 nitrogen and oxygen atoms in total. The van der Waals surface area contributed by atoms with Crippen LogP contribution in [0.5, 0.6) is 5.75 Å². The molecule has 0 aromatic heterocycles. The molecule has 8 heteroatoms. The highest BCUT2D eigenvalue weighted by molar-refractivity contribution is 7.89. The zero-order valence-corrected chi connectivity index (χ0v) is 14.9. The smallest absolute Gasteiger partial charge is 0.265 e. The Morgan fingerprint density at radius 3 is 2.48 bits per heavy atom. The molecule has 0 bridgehead atoms. The number of hydrogen-bond donors (Lipinski definition) is 1. The van der Waals surface area contributed by atoms with E-state index >= 15 is 0 Å². The van der Waals surface area contributed by atoms with Gasteiger partial charge in [-0.05, 0) is 37.3 Å². The summed E-state index contributed by atoms with van der Waals surface area (Å²) in [6.45, 7) is 1.47. The number of para-hydroxylation sites is 1. The summed E-state index contributed by atoms with van der Waals surface area (Å²) in [6.07, 6.45) is -0.967. The molecule has 1 N–H and O–H groups in total. The number of nitrogens with zero attached hydrogens (tertiary/aromatic N) is 1. The number of carbonyl (C=O) groups excluding carboxylic acids is 1. The molecule has 0 spiro atoms. The van der Waals surface area contributed by atoms with Crippen LogP contribution in [0, 0.1) is 5.82 Å². The summed E-state index contributed by atoms with van der Waals surface area (Å²) < 4.78 is 44.2. The summed E-state index contributed by atoms with van der Waals surface area (Å²) in [5.41, 5.74) is 0.303. The molecule has 0 saturated heterocycles. The van der Waals surface area contributed by atoms with Crippen molar-refractivity contribution >= 4 is 21.6 Å². The second-order valence-electron chi connectivity index (χ2n) is 5.50. The molecule has 0 fully saturated rings. The van der Waals surface area contributed by atoms with Gasteiger partial charge in [0.1, 0.15) is 0 Å². The highest BCUT2D eigenvalue weighted by atomic mass is 32.2. The summed E-state index contributed by atoms with van der Waals surface area (Å²) in [5, 5.41) is 2.56. The normalized spacial score (nSPS) is 12.7. The SMILES string of the molecule is C[C@H](Oc1ccccc1F)C(=O)Nc1cccc(S(=O)(=O)N(C)C)c1. The van der Waals surface area contributed by atoms with Crippen molar-refractivity contribution in [3.05, 3.63) is 54.3 Å². The topological polar surface area (TPSA) is 75.7 Å². The summed E-state index contributed by atoms with van der Waals surface area (Å²) in [5.74, 6) is -1.13. The minimum Gasteiger partial charge on any atom is -0.478 e. The van der Waals surface area contributed by atoms with Gasteiger partial charge in [0.2, 0.25) is 10.0 Å². The summed E-state index contributed by atoms with van der Waals surface area (Å²) in [7, 11) is -0.765. The largest absolute Gasteiger partial charge is 0.478 e. The molecule has 0 heterocycles. The Morgan fingerprint density at radius 1 is 1.16 bits per heavy atom. The molecule has 0 saturated carbocycles. The lowest BCUT2D eigenvalue weighted by molar-refractivity contribution is -0.122. The quantitative estimate of drug-likeness (QED) is 0.852. The summed E-state index contributed by atoms with van der Waals surface area (Å²) in [6, 6.07) is 11.6. The third-order valence-corrected chi connectivity index (χ3v) is 5.20. The molecule has 0 aliphatic carbocycles. The Morgan fingerprint density at radius 2 is 1.84 bits per heavy atom. The van der Waals surface area contributed by atoms with E-state index < -0.39 is 27.9 Å². The summed E-state index contributed by atoms with van der Waals surface area (Å²) in [4.78, 5) is 12.3. The Balaban J connectivity index is 2.12. The fraction of sp³-hybridized carbons (Fsp3) is 0.235. The lowest BCUT2D eigenvalue weighted by Gasteiger charge is -2.16. The van der Waals surface area contributed by atoms with Gasteiger partial charge in [-0.25, -0.2) is 17.1 Å². The van der Waals surface area contributed by atoms with Crippen LogP contribution in [0.2, 0.25) is 0 Å². The molecule has 1 amide bonds. The number of halogens is 1. The van der Waals surface area contributed by atoms with Gasteiger partial charge in [-0.15, -0.1) is 0 Å². The maximum atomic E-state index is 13.6. The highest BCUT2D eigenvalue weighted by Crippen LogP contribution is 2.20. The Bertz CT molecular complexity index is 868. The number of amides is 1. The number of hydrogen-bond acceptors (Lipinski definition) is 4. The number of sulfonamides is 1. The van der Waals surface area contributed by atoms with Crippen molar-refractivity contribution in [1.29, 1.82) is 0 Å². The molecular formula is C17H19FN2O4S. The van der Waals surface area contributed by atoms with Crippen LogP contribution in [0.15, 0.2) is 53.4 Å². The first-order chi connectivity index (χ1) is 11.7. The number of carbonyl (C=O) groups is 1. The first kappa shape index (κ1) is 18.9. The average molecular weight is 366 g/mol. The van der Waals surface area contributed by atoms with E-state index in [4.69, 9.17) is 4.74 Å². The van der Waals surface area contributed by atoms with Crippen LogP contribution in [-0.2, 0) is 14.8 Å². The Kier molecular flexibility index (Phi) is 5.76. The number of anilines is 1. The lowest BCUT2D eigenvalue weighted by Crippen LogP contribution is -2.30. The van der Waals surface area contributed by atoms with Gasteiger partial charge in [0.25, 0.3) is 5.91 Å². The van der Waals surface area contributed by atoms with E-state index in [9.17, 15) is 17.6 Å². The van der Waals surface area contributed by atoms with E-state index in [2.05, 4.69) is 5.32 Å². The molecule has 0 unspecified atom stereocenters. The molecule has 2 aromatic rings. The first-order valence-corrected chi connectivity index (χ1v) is 8.90. The van der Waals surface area contributed by atoms with Crippen molar-refractivity contribution in [1.82, 2.24) is 4.31 Å². The van der Waals surface area contributed by atoms with Crippen LogP contribution < -0.4 is 10.1 Å². The second kappa shape index (κ2) is 7.62. The fourth-order valence-corrected chi connectivity index (χ4v) is 2.92. The van der Waals surface area contributed by atoms with Crippen molar-refractivity contribution in [2.75, 3.05) is 19.4 Å². The van der Waals surface area contributed by atoms with E-state index in [-0.39, 0.29) is 10.6 Å². The third kappa shape index (κ3) is 4.55. The van der Waals surface area contributed by atoms with E-state index in [1.54, 1.807) is 12.1 Å². The van der Waals surface area contributed by atoms with Crippen LogP contribution in [0.25, 0.3) is 0 Å². The minimum absolute atomic E-state index is 0.0333. The van der Waals surface area contributed by atoms with Crippen molar-refractivity contribution in [2.45, 2.75) is 17.9 Å². The third-order valence-electron chi connectivity index (χ3n) is 3.39. The van der Waals surface area contributed by atoms with E-state index in [1.807, 2.05) is 0 Å². The molecule has 0 aliphatic heterocycles. The van der Waals surface area contributed by atoms with Gasteiger partial charge in [-0.1, -0.05) is 18.2 Å². The first-order valence-electron chi connectivity index (χ1n) is 7.46. The monoisotopic (exact) mass is 366 g/mol. The van der Waals surface area contributed by atoms with Crippen molar-refractivity contribution in [3.8, 4) is 5.75 Å². The average Bonchev–Trinajstić information content (AvgIpc) is 2.57. The second-order valence-corrected chi connectivity index (χ2v) is 7.65. The number of benzene rings is 2. The highest BCUT2D eigenvalue weighted by Gasteiger charge is 2.20. The van der Waals surface area contributed by atoms with Gasteiger partial charge in [-0.2, -0.15) is 0 Å². The van der Waals surface area contributed by atoms with Crippen LogP contribution in [-0.4, -0.2) is 38.8 Å². The van der Waals surface area contributed by atoms with Crippen molar-refractivity contribution in [3.63, 3.8) is 0 Å². The molecule has 1 atom stereocenters. The number of nitrogens with one attached hydrogen (secondary N) is 1. The van der Waals surface area contributed by atoms with E-state index in [0.29, 0.717) is 5.69 Å². The zero-order valence-electron chi connectivity index (χ0n) is 14.1. The predicted molar refractivity (Wildman–Crippen MR) is 92.4 cm³/mol. The maximum absolute atomic E-state index is 13.6. The van der Waals surface area contributed by atoms with Gasteiger partial charge in [0.05, 0.1) is 4.90 Å². The maximum Gasteiger partial charge on any atom is 0.265 e. The van der Waals surface area contributed by atoms with Gasteiger partial charge < -0.3 is 10.1 Å². The van der Waals surface area contributed by atoms with Gasteiger partial charge in [-0.3, -0.25) is 4.79 Å². The van der Waals surface area contributed by atoms with Gasteiger partial charge in [0.15, 0.2) is 17.7 Å². The Labute approximate surface area is 146 Å². The minimum atomic E-state index is -3.61.